The SMILES string of the molecule is C#CC#CC#CC#CC#CC#COc1cc(C(=O)Oc2ccc(OC(=O)c3ccc(-c4[c-]c(-c5ccc(C(=O)Oc6ccc(OC(=O)c7cc(OC#CC#CC#CC#CC#CC#C)c(OCCCCCCCCCCCC)c(OCCCCCCCCCCCC)c7)cc6)cn5)c(F)cc4F)nc3)cc2)cc(OCCCCCCCCCCCC)c1OCCCCCCCCCCCC.[Cl][Pt+]. The Morgan fingerprint density at radius 2 is 0.537 bits per heavy atom. The molecule has 5 aromatic carbocycles. The van der Waals surface area contributed by atoms with E-state index in [9.17, 15) is 19.2 Å². The van der Waals surface area contributed by atoms with E-state index in [4.69, 9.17) is 60.2 Å². The van der Waals surface area contributed by atoms with Gasteiger partial charge in [0.1, 0.15) is 35.2 Å². The van der Waals surface area contributed by atoms with Gasteiger partial charge in [0.2, 0.25) is 11.5 Å². The van der Waals surface area contributed by atoms with Crippen LogP contribution in [-0.2, 0) is 18.8 Å². The summed E-state index contributed by atoms with van der Waals surface area (Å²) in [7, 11) is 4.61. The molecule has 0 spiro atoms. The molecule has 0 amide bonds. The summed E-state index contributed by atoms with van der Waals surface area (Å²) >= 11 is 1.61. The second-order valence-corrected chi connectivity index (χ2v) is 31.8. The van der Waals surface area contributed by atoms with Gasteiger partial charge in [-0.05, 0) is 146 Å². The zero-order chi connectivity index (χ0) is 97.2. The van der Waals surface area contributed by atoms with Gasteiger partial charge in [0.25, 0.3) is 0 Å². The van der Waals surface area contributed by atoms with Crippen molar-refractivity contribution in [2.75, 3.05) is 26.4 Å². The van der Waals surface area contributed by atoms with Crippen molar-refractivity contribution in [3.05, 3.63) is 155 Å². The monoisotopic (exact) mass is 2030 g/mol. The van der Waals surface area contributed by atoms with Crippen LogP contribution in [0.3, 0.4) is 0 Å². The molecule has 0 aliphatic rings. The number of nitrogens with zero attached hydrogens (tertiary/aromatic N) is 2. The third-order valence-electron chi connectivity index (χ3n) is 21.1. The van der Waals surface area contributed by atoms with E-state index in [0.717, 1.165) is 103 Å². The van der Waals surface area contributed by atoms with E-state index in [0.29, 0.717) is 32.5 Å². The van der Waals surface area contributed by atoms with Gasteiger partial charge in [-0.2, -0.15) is 0 Å². The van der Waals surface area contributed by atoms with Gasteiger partial charge in [-0.1, -0.05) is 300 Å². The standard InChI is InChI=1S/C116H121F2N2O14.ClH.Pt/c1-7-13-19-25-31-37-43-49-55-61-79-125-107-85-95(86-108(126-80-62-56-50-44-38-32-26-20-14-8-2)111(107)129-83-65-59-53-47-41-35-29-23-17-11-5)115(123)133-99-73-69-97(70-74-99)131-113(121)93-67-77-105(119-91-93)101-89-102(104(118)90-103(101)117)106-78-68-94(92-120-106)114(122)132-98-71-75-100(76-72-98)134-116(124)96-87-109(127-81-63-57-51-45-39-33-27-21-15-9-3)112(130-84-66-60-54-48-42-36-30-24-18-12-6)110(88-96)128-82-64-58-52-46-40-34-28-22-16-10-4;;/h1,3,67-78,85-88,90-92H,8,10-12,14,16-18,20,22-24,26,28-30,32,34-36,38,40-42,44,46-48,50,52-54,56,58-60,62,64-66,80,82-84H2,2,4-6H3;1H;/q-1;;+2/p-1. The minimum atomic E-state index is -1.00. The summed E-state index contributed by atoms with van der Waals surface area (Å²) in [6.07, 6.45) is 63.5. The summed E-state index contributed by atoms with van der Waals surface area (Å²) in [4.78, 5) is 64.1. The Morgan fingerprint density at radius 1 is 0.301 bits per heavy atom. The number of carbonyl (C=O) groups excluding carboxylic acids is 4. The number of pyridine rings is 2. The molecule has 136 heavy (non-hydrogen) atoms. The molecule has 2 aromatic heterocycles. The van der Waals surface area contributed by atoms with E-state index in [1.807, 2.05) is 0 Å². The van der Waals surface area contributed by atoms with Gasteiger partial charge in [0.05, 0.1) is 60.3 Å². The molecule has 0 bridgehead atoms. The number of terminal acetylenes is 2. The van der Waals surface area contributed by atoms with Gasteiger partial charge < -0.3 is 47.4 Å². The molecular weight excluding hydrogens is 1910 g/mol. The van der Waals surface area contributed by atoms with Crippen molar-refractivity contribution >= 4 is 33.3 Å². The first-order chi connectivity index (χ1) is 66.9. The van der Waals surface area contributed by atoms with Crippen LogP contribution in [0, 0.1) is 161 Å². The van der Waals surface area contributed by atoms with Crippen molar-refractivity contribution in [2.45, 2.75) is 285 Å². The molecule has 0 saturated heterocycles. The topological polar surface area (TPSA) is 186 Å². The Bertz CT molecular complexity index is 5320. The summed E-state index contributed by atoms with van der Waals surface area (Å²) in [6.45, 7) is 10.3. The molecule has 0 N–H and O–H groups in total. The molecule has 0 aliphatic carbocycles. The summed E-state index contributed by atoms with van der Waals surface area (Å²) < 4.78 is 92.1. The van der Waals surface area contributed by atoms with E-state index in [-0.39, 0.29) is 102 Å². The van der Waals surface area contributed by atoms with Crippen LogP contribution in [0.25, 0.3) is 22.5 Å². The van der Waals surface area contributed by atoms with Crippen LogP contribution in [0.5, 0.6) is 57.5 Å². The molecular formula is C116H121ClF2N2O14Pt. The van der Waals surface area contributed by atoms with Crippen LogP contribution >= 0.6 is 9.42 Å². The van der Waals surface area contributed by atoms with Crippen molar-refractivity contribution in [1.82, 2.24) is 9.97 Å². The number of ether oxygens (including phenoxy) is 10. The van der Waals surface area contributed by atoms with Crippen molar-refractivity contribution in [2.24, 2.45) is 0 Å². The molecule has 20 heteroatoms. The summed E-state index contributed by atoms with van der Waals surface area (Å²) in [6, 6.07) is 26.4. The Balaban J connectivity index is 0.0000141. The Labute approximate surface area is 821 Å². The van der Waals surface area contributed by atoms with Crippen LogP contribution < -0.4 is 47.4 Å². The van der Waals surface area contributed by atoms with E-state index in [2.05, 4.69) is 184 Å². The number of hydrogen-bond donors (Lipinski definition) is 0. The number of benzene rings is 5. The molecule has 0 fully saturated rings. The molecule has 0 saturated carbocycles. The van der Waals surface area contributed by atoms with Crippen LogP contribution in [-0.4, -0.2) is 60.3 Å². The third kappa shape index (κ3) is 46.5. The van der Waals surface area contributed by atoms with Gasteiger partial charge in [0.15, 0.2) is 23.0 Å². The average Bonchev–Trinajstić information content (AvgIpc) is 0.786. The van der Waals surface area contributed by atoms with Crippen molar-refractivity contribution < 1.29 is 94.1 Å². The molecule has 7 aromatic rings. The van der Waals surface area contributed by atoms with E-state index < -0.39 is 35.5 Å². The van der Waals surface area contributed by atoms with E-state index in [1.165, 1.54) is 251 Å². The van der Waals surface area contributed by atoms with Crippen molar-refractivity contribution in [3.8, 4) is 223 Å². The quantitative estimate of drug-likeness (QED) is 0.0115. The van der Waals surface area contributed by atoms with Gasteiger partial charge >= 0.3 is 52.1 Å². The zero-order valence-corrected chi connectivity index (χ0v) is 81.8. The Morgan fingerprint density at radius 3 is 0.794 bits per heavy atom. The van der Waals surface area contributed by atoms with E-state index in [1.54, 1.807) is 30.9 Å². The van der Waals surface area contributed by atoms with Gasteiger partial charge in [-0.3, -0.25) is 18.7 Å². The normalized spacial score (nSPS) is 9.85. The van der Waals surface area contributed by atoms with Crippen LogP contribution in [0.15, 0.2) is 116 Å². The molecule has 0 aliphatic heterocycles. The number of unbranched alkanes of at least 4 members (excludes halogenated alkanes) is 36. The fourth-order valence-electron chi connectivity index (χ4n) is 13.8. The number of hydrogen-bond acceptors (Lipinski definition) is 16. The Hall–Kier alpha value is -13.4. The first-order valence-electron chi connectivity index (χ1n) is 47.5. The second-order valence-electron chi connectivity index (χ2n) is 31.8. The first kappa shape index (κ1) is 111. The predicted molar refractivity (Wildman–Crippen MR) is 529 cm³/mol. The summed E-state index contributed by atoms with van der Waals surface area (Å²) in [5.74, 6) is 46.5. The van der Waals surface area contributed by atoms with Crippen molar-refractivity contribution in [3.63, 3.8) is 0 Å². The fraction of sp³-hybridized carbons (Fsp3) is 0.414. The molecule has 16 nitrogen and oxygen atoms in total. The van der Waals surface area contributed by atoms with Crippen molar-refractivity contribution in [1.29, 1.82) is 0 Å². The summed E-state index contributed by atoms with van der Waals surface area (Å²) in [5.41, 5.74) is -0.408. The number of carbonyl (C=O) groups is 4. The van der Waals surface area contributed by atoms with Gasteiger partial charge in [-0.25, -0.2) is 19.2 Å². The molecule has 0 unspecified atom stereocenters. The van der Waals surface area contributed by atoms with E-state index >= 15 is 8.78 Å². The number of halogens is 3. The predicted octanol–water partition coefficient (Wildman–Crippen LogP) is 26.6. The van der Waals surface area contributed by atoms with Gasteiger partial charge in [-0.15, -0.1) is 18.9 Å². The third-order valence-corrected chi connectivity index (χ3v) is 21.1. The molecule has 2 heterocycles. The first-order valence-corrected chi connectivity index (χ1v) is 50.3. The molecule has 710 valence electrons. The summed E-state index contributed by atoms with van der Waals surface area (Å²) in [5, 5.41) is 0. The second kappa shape index (κ2) is 72.2. The number of rotatable bonds is 60. The molecule has 0 atom stereocenters. The van der Waals surface area contributed by atoms with Crippen LogP contribution in [0.4, 0.5) is 8.78 Å². The minimum absolute atomic E-state index is 0.00780. The number of aromatic nitrogens is 2. The van der Waals surface area contributed by atoms with Crippen LogP contribution in [0.2, 0.25) is 0 Å². The van der Waals surface area contributed by atoms with Gasteiger partial charge in [0, 0.05) is 95.1 Å². The zero-order valence-electron chi connectivity index (χ0n) is 78.8. The average molecular weight is 2040 g/mol. The molecule has 7 rings (SSSR count). The maximum atomic E-state index is 15.7. The van der Waals surface area contributed by atoms with Crippen LogP contribution in [0.1, 0.15) is 326 Å². The fourth-order valence-corrected chi connectivity index (χ4v) is 13.8. The Kier molecular flexibility index (Phi) is 59.1. The number of esters is 4. The maximum absolute atomic E-state index is 15.7. The molecule has 0 radical (unpaired) electrons.